The molecule has 1 heterocycles. The van der Waals surface area contributed by atoms with E-state index in [-0.39, 0.29) is 31.1 Å². The zero-order chi connectivity index (χ0) is 21.9. The molecule has 0 aliphatic carbocycles. The Labute approximate surface area is 177 Å². The Balaban J connectivity index is 1.69. The van der Waals surface area contributed by atoms with Gasteiger partial charge >= 0.3 is 6.18 Å². The molecule has 0 radical (unpaired) electrons. The Hall–Kier alpha value is -2.36. The number of carbonyl (C=O) groups excluding carboxylic acids is 1. The minimum atomic E-state index is -4.43. The molecule has 0 aromatic heterocycles. The molecule has 3 rings (SSSR count). The van der Waals surface area contributed by atoms with Crippen LogP contribution in [0.4, 0.5) is 18.9 Å². The zero-order valence-electron chi connectivity index (χ0n) is 15.6. The third kappa shape index (κ3) is 5.21. The third-order valence-electron chi connectivity index (χ3n) is 4.70. The van der Waals surface area contributed by atoms with Crippen LogP contribution in [0.25, 0.3) is 6.08 Å². The van der Waals surface area contributed by atoms with Crippen molar-refractivity contribution in [3.8, 4) is 0 Å². The summed E-state index contributed by atoms with van der Waals surface area (Å²) in [6.07, 6.45) is -1.79. The van der Waals surface area contributed by atoms with Crippen LogP contribution < -0.4 is 4.90 Å². The van der Waals surface area contributed by atoms with Gasteiger partial charge in [-0.05, 0) is 53.6 Å². The Bertz CT molecular complexity index is 1050. The van der Waals surface area contributed by atoms with Gasteiger partial charge in [0, 0.05) is 31.9 Å². The number of carbonyl (C=O) groups is 1. The summed E-state index contributed by atoms with van der Waals surface area (Å²) in [5, 5.41) is -0.634. The van der Waals surface area contributed by atoms with E-state index in [2.05, 4.69) is 0 Å². The van der Waals surface area contributed by atoms with Gasteiger partial charge in [-0.25, -0.2) is 8.42 Å². The lowest BCUT2D eigenvalue weighted by atomic mass is 10.1. The molecule has 1 aliphatic rings. The molecule has 10 heteroatoms. The number of alkyl halides is 3. The number of sulfonamides is 1. The standard InChI is InChI=1S/C20H18ClF3N2O3S/c21-19(27)9-6-15-4-7-18(8-5-15)30(28,29)26-12-10-25(11-13-26)17-3-1-2-16(14-17)20(22,23)24/h1-9,14H,10-13H2/b9-6+. The lowest BCUT2D eigenvalue weighted by Gasteiger charge is -2.35. The van der Waals surface area contributed by atoms with Crippen molar-refractivity contribution in [3.05, 3.63) is 65.7 Å². The van der Waals surface area contributed by atoms with Crippen LogP contribution in [0.3, 0.4) is 0 Å². The minimum absolute atomic E-state index is 0.101. The van der Waals surface area contributed by atoms with Gasteiger partial charge in [-0.3, -0.25) is 4.79 Å². The first-order valence-electron chi connectivity index (χ1n) is 8.97. The average molecular weight is 459 g/mol. The van der Waals surface area contributed by atoms with Crippen LogP contribution in [0.5, 0.6) is 0 Å². The maximum atomic E-state index is 12.9. The second-order valence-corrected chi connectivity index (χ2v) is 8.96. The highest BCUT2D eigenvalue weighted by atomic mass is 35.5. The Morgan fingerprint density at radius 2 is 1.63 bits per heavy atom. The van der Waals surface area contributed by atoms with Crippen molar-refractivity contribution in [1.29, 1.82) is 0 Å². The molecule has 0 unspecified atom stereocenters. The summed E-state index contributed by atoms with van der Waals surface area (Å²) in [6, 6.07) is 11.0. The molecule has 0 saturated carbocycles. The fourth-order valence-electron chi connectivity index (χ4n) is 3.13. The molecule has 0 bridgehead atoms. The van der Waals surface area contributed by atoms with Crippen LogP contribution in [0, 0.1) is 0 Å². The number of nitrogens with zero attached hydrogens (tertiary/aromatic N) is 2. The number of piperazine rings is 1. The molecule has 30 heavy (non-hydrogen) atoms. The fourth-order valence-corrected chi connectivity index (χ4v) is 4.61. The van der Waals surface area contributed by atoms with Crippen LogP contribution in [-0.4, -0.2) is 44.1 Å². The number of anilines is 1. The van der Waals surface area contributed by atoms with Gasteiger partial charge in [0.05, 0.1) is 10.5 Å². The Morgan fingerprint density at radius 3 is 2.20 bits per heavy atom. The second-order valence-electron chi connectivity index (χ2n) is 6.65. The summed E-state index contributed by atoms with van der Waals surface area (Å²) in [7, 11) is -3.74. The topological polar surface area (TPSA) is 57.7 Å². The molecule has 5 nitrogen and oxygen atoms in total. The zero-order valence-corrected chi connectivity index (χ0v) is 17.2. The average Bonchev–Trinajstić information content (AvgIpc) is 2.72. The molecule has 1 saturated heterocycles. The Kier molecular flexibility index (Phi) is 6.54. The van der Waals surface area contributed by atoms with E-state index in [4.69, 9.17) is 11.6 Å². The van der Waals surface area contributed by atoms with Crippen LogP contribution >= 0.6 is 11.6 Å². The first kappa shape index (κ1) is 22.3. The van der Waals surface area contributed by atoms with Crippen molar-refractivity contribution in [2.75, 3.05) is 31.1 Å². The summed E-state index contributed by atoms with van der Waals surface area (Å²) >= 11 is 5.23. The van der Waals surface area contributed by atoms with Crippen molar-refractivity contribution in [2.45, 2.75) is 11.1 Å². The first-order valence-corrected chi connectivity index (χ1v) is 10.8. The molecule has 1 aliphatic heterocycles. The lowest BCUT2D eigenvalue weighted by molar-refractivity contribution is -0.137. The van der Waals surface area contributed by atoms with Gasteiger partial charge < -0.3 is 4.90 Å². The predicted molar refractivity (Wildman–Crippen MR) is 109 cm³/mol. The highest BCUT2D eigenvalue weighted by molar-refractivity contribution is 7.89. The fraction of sp³-hybridized carbons (Fsp3) is 0.250. The molecular weight excluding hydrogens is 441 g/mol. The van der Waals surface area contributed by atoms with E-state index >= 15 is 0 Å². The smallest absolute Gasteiger partial charge is 0.369 e. The van der Waals surface area contributed by atoms with E-state index in [1.807, 2.05) is 0 Å². The van der Waals surface area contributed by atoms with Crippen molar-refractivity contribution in [2.24, 2.45) is 0 Å². The van der Waals surface area contributed by atoms with E-state index in [1.54, 1.807) is 23.1 Å². The predicted octanol–water partition coefficient (Wildman–Crippen LogP) is 3.99. The number of rotatable bonds is 5. The van der Waals surface area contributed by atoms with Crippen molar-refractivity contribution in [1.82, 2.24) is 4.31 Å². The van der Waals surface area contributed by atoms with E-state index < -0.39 is 27.0 Å². The van der Waals surface area contributed by atoms with Crippen LogP contribution in [-0.2, 0) is 21.0 Å². The molecular formula is C20H18ClF3N2O3S. The SMILES string of the molecule is O=C(Cl)/C=C/c1ccc(S(=O)(=O)N2CCN(c3cccc(C(F)(F)F)c3)CC2)cc1. The molecule has 0 N–H and O–H groups in total. The van der Waals surface area contributed by atoms with Gasteiger partial charge in [-0.1, -0.05) is 24.3 Å². The van der Waals surface area contributed by atoms with Gasteiger partial charge in [0.25, 0.3) is 0 Å². The lowest BCUT2D eigenvalue weighted by Crippen LogP contribution is -2.48. The summed E-state index contributed by atoms with van der Waals surface area (Å²) in [5.74, 6) is 0. The summed E-state index contributed by atoms with van der Waals surface area (Å²) in [6.45, 7) is 0.861. The summed E-state index contributed by atoms with van der Waals surface area (Å²) < 4.78 is 65.8. The van der Waals surface area contributed by atoms with Gasteiger partial charge in [-0.2, -0.15) is 17.5 Å². The van der Waals surface area contributed by atoms with E-state index in [1.165, 1.54) is 28.6 Å². The number of hydrogen-bond acceptors (Lipinski definition) is 4. The van der Waals surface area contributed by atoms with Gasteiger partial charge in [0.2, 0.25) is 15.3 Å². The summed E-state index contributed by atoms with van der Waals surface area (Å²) in [4.78, 5) is 12.6. The molecule has 2 aromatic carbocycles. The van der Waals surface area contributed by atoms with Gasteiger partial charge in [0.15, 0.2) is 0 Å². The van der Waals surface area contributed by atoms with Crippen LogP contribution in [0.1, 0.15) is 11.1 Å². The molecule has 2 aromatic rings. The Morgan fingerprint density at radius 1 is 1.00 bits per heavy atom. The highest BCUT2D eigenvalue weighted by Crippen LogP contribution is 2.32. The second kappa shape index (κ2) is 8.79. The largest absolute Gasteiger partial charge is 0.416 e. The monoisotopic (exact) mass is 458 g/mol. The van der Waals surface area contributed by atoms with Gasteiger partial charge in [0.1, 0.15) is 0 Å². The quantitative estimate of drug-likeness (QED) is 0.502. The number of benzene rings is 2. The van der Waals surface area contributed by atoms with E-state index in [0.29, 0.717) is 11.3 Å². The molecule has 1 fully saturated rings. The molecule has 160 valence electrons. The first-order chi connectivity index (χ1) is 14.1. The molecule has 0 spiro atoms. The minimum Gasteiger partial charge on any atom is -0.369 e. The van der Waals surface area contributed by atoms with Crippen LogP contribution in [0.15, 0.2) is 59.5 Å². The number of allylic oxidation sites excluding steroid dienone is 1. The van der Waals surface area contributed by atoms with E-state index in [0.717, 1.165) is 18.2 Å². The third-order valence-corrected chi connectivity index (χ3v) is 6.74. The summed E-state index contributed by atoms with van der Waals surface area (Å²) in [5.41, 5.74) is 0.296. The normalized spacial score (nSPS) is 16.2. The van der Waals surface area contributed by atoms with Gasteiger partial charge in [-0.15, -0.1) is 0 Å². The van der Waals surface area contributed by atoms with Crippen molar-refractivity contribution >= 4 is 38.6 Å². The highest BCUT2D eigenvalue weighted by Gasteiger charge is 2.32. The molecule has 0 amide bonds. The van der Waals surface area contributed by atoms with Crippen molar-refractivity contribution in [3.63, 3.8) is 0 Å². The van der Waals surface area contributed by atoms with Crippen LogP contribution in [0.2, 0.25) is 0 Å². The maximum absolute atomic E-state index is 12.9. The molecule has 0 atom stereocenters. The number of halogens is 4. The maximum Gasteiger partial charge on any atom is 0.416 e. The van der Waals surface area contributed by atoms with Crippen molar-refractivity contribution < 1.29 is 26.4 Å². The number of hydrogen-bond donors (Lipinski definition) is 0. The van der Waals surface area contributed by atoms with E-state index in [9.17, 15) is 26.4 Å².